The minimum absolute atomic E-state index is 0.715. The predicted molar refractivity (Wildman–Crippen MR) is 68.2 cm³/mol. The Morgan fingerprint density at radius 2 is 2.12 bits per heavy atom. The molecule has 0 bridgehead atoms. The zero-order chi connectivity index (χ0) is 11.5. The van der Waals surface area contributed by atoms with Crippen LogP contribution in [0.3, 0.4) is 0 Å². The highest BCUT2D eigenvalue weighted by Crippen LogP contribution is 2.22. The van der Waals surface area contributed by atoms with Gasteiger partial charge in [0.15, 0.2) is 0 Å². The first-order valence-electron chi connectivity index (χ1n) is 5.57. The summed E-state index contributed by atoms with van der Waals surface area (Å²) < 4.78 is 7.60. The standard InChI is InChI=1S/C14H17NO/c1-4-16-11(2)9-12-10-15(3)14-8-6-5-7-13(12)14/h5-10H,4H2,1-3H3/b11-9-. The number of benzene rings is 1. The van der Waals surface area contributed by atoms with Crippen LogP contribution >= 0.6 is 0 Å². The van der Waals surface area contributed by atoms with Crippen molar-refractivity contribution < 1.29 is 4.74 Å². The van der Waals surface area contributed by atoms with Gasteiger partial charge < -0.3 is 9.30 Å². The first kappa shape index (κ1) is 10.8. The van der Waals surface area contributed by atoms with Crippen molar-refractivity contribution >= 4 is 17.0 Å². The lowest BCUT2D eigenvalue weighted by Gasteiger charge is -2.01. The van der Waals surface area contributed by atoms with Gasteiger partial charge in [-0.25, -0.2) is 0 Å². The molecule has 0 saturated heterocycles. The summed E-state index contributed by atoms with van der Waals surface area (Å²) in [6.45, 7) is 4.71. The number of fused-ring (bicyclic) bond motifs is 1. The molecule has 0 atom stereocenters. The van der Waals surface area contributed by atoms with Gasteiger partial charge in [-0.15, -0.1) is 0 Å². The molecular formula is C14H17NO. The summed E-state index contributed by atoms with van der Waals surface area (Å²) in [5, 5.41) is 1.27. The van der Waals surface area contributed by atoms with Crippen LogP contribution in [0.5, 0.6) is 0 Å². The lowest BCUT2D eigenvalue weighted by Crippen LogP contribution is -1.85. The van der Waals surface area contributed by atoms with Gasteiger partial charge in [0.2, 0.25) is 0 Å². The molecule has 84 valence electrons. The van der Waals surface area contributed by atoms with E-state index in [4.69, 9.17) is 4.74 Å². The molecule has 0 amide bonds. The summed E-state index contributed by atoms with van der Waals surface area (Å²) in [7, 11) is 2.07. The number of rotatable bonds is 3. The van der Waals surface area contributed by atoms with Gasteiger partial charge in [0, 0.05) is 29.7 Å². The highest BCUT2D eigenvalue weighted by atomic mass is 16.5. The molecule has 16 heavy (non-hydrogen) atoms. The van der Waals surface area contributed by atoms with Crippen molar-refractivity contribution in [3.8, 4) is 0 Å². The second-order valence-corrected chi connectivity index (χ2v) is 3.90. The van der Waals surface area contributed by atoms with Crippen molar-refractivity contribution in [2.45, 2.75) is 13.8 Å². The minimum Gasteiger partial charge on any atom is -0.499 e. The van der Waals surface area contributed by atoms with Gasteiger partial charge in [-0.1, -0.05) is 18.2 Å². The maximum Gasteiger partial charge on any atom is 0.0935 e. The Labute approximate surface area is 96.1 Å². The maximum atomic E-state index is 5.46. The summed E-state index contributed by atoms with van der Waals surface area (Å²) >= 11 is 0. The van der Waals surface area contributed by atoms with E-state index in [1.54, 1.807) is 0 Å². The normalized spacial score (nSPS) is 12.1. The number of hydrogen-bond acceptors (Lipinski definition) is 1. The molecular weight excluding hydrogens is 198 g/mol. The summed E-state index contributed by atoms with van der Waals surface area (Å²) in [4.78, 5) is 0. The van der Waals surface area contributed by atoms with Gasteiger partial charge in [-0.2, -0.15) is 0 Å². The summed E-state index contributed by atoms with van der Waals surface area (Å²) in [5.41, 5.74) is 2.46. The second kappa shape index (κ2) is 4.44. The van der Waals surface area contributed by atoms with Crippen molar-refractivity contribution in [3.63, 3.8) is 0 Å². The number of hydrogen-bond donors (Lipinski definition) is 0. The number of ether oxygens (including phenoxy) is 1. The fraction of sp³-hybridized carbons (Fsp3) is 0.286. The van der Waals surface area contributed by atoms with Crippen LogP contribution in [0, 0.1) is 0 Å². The molecule has 2 heteroatoms. The molecule has 0 radical (unpaired) electrons. The largest absolute Gasteiger partial charge is 0.499 e. The highest BCUT2D eigenvalue weighted by Gasteiger charge is 2.03. The summed E-state index contributed by atoms with van der Waals surface area (Å²) in [5.74, 6) is 0.957. The molecule has 2 nitrogen and oxygen atoms in total. The minimum atomic E-state index is 0.715. The number of aryl methyl sites for hydroxylation is 1. The van der Waals surface area contributed by atoms with E-state index in [0.29, 0.717) is 6.61 Å². The lowest BCUT2D eigenvalue weighted by atomic mass is 10.1. The Morgan fingerprint density at radius 3 is 2.88 bits per heavy atom. The Morgan fingerprint density at radius 1 is 1.38 bits per heavy atom. The van der Waals surface area contributed by atoms with Crippen LogP contribution in [0.2, 0.25) is 0 Å². The van der Waals surface area contributed by atoms with Crippen LogP contribution in [0.25, 0.3) is 17.0 Å². The van der Waals surface area contributed by atoms with Gasteiger partial charge in [0.05, 0.1) is 12.4 Å². The molecule has 0 N–H and O–H groups in total. The Hall–Kier alpha value is -1.70. The van der Waals surface area contributed by atoms with Gasteiger partial charge in [-0.05, 0) is 26.0 Å². The van der Waals surface area contributed by atoms with Crippen LogP contribution in [0.15, 0.2) is 36.2 Å². The molecule has 1 aromatic heterocycles. The van der Waals surface area contributed by atoms with E-state index < -0.39 is 0 Å². The third kappa shape index (κ3) is 1.96. The molecule has 0 aliphatic heterocycles. The third-order valence-electron chi connectivity index (χ3n) is 2.66. The fourth-order valence-corrected chi connectivity index (χ4v) is 1.98. The molecule has 1 aromatic carbocycles. The van der Waals surface area contributed by atoms with Crippen molar-refractivity contribution in [3.05, 3.63) is 41.8 Å². The van der Waals surface area contributed by atoms with E-state index in [1.807, 2.05) is 13.8 Å². The van der Waals surface area contributed by atoms with E-state index >= 15 is 0 Å². The van der Waals surface area contributed by atoms with E-state index in [0.717, 1.165) is 5.76 Å². The quantitative estimate of drug-likeness (QED) is 0.714. The third-order valence-corrected chi connectivity index (χ3v) is 2.66. The number of allylic oxidation sites excluding steroid dienone is 1. The average Bonchev–Trinajstić information content (AvgIpc) is 2.57. The molecule has 0 fully saturated rings. The van der Waals surface area contributed by atoms with Crippen LogP contribution in [0.1, 0.15) is 19.4 Å². The average molecular weight is 215 g/mol. The second-order valence-electron chi connectivity index (χ2n) is 3.90. The van der Waals surface area contributed by atoms with Crippen molar-refractivity contribution in [1.82, 2.24) is 4.57 Å². The summed E-state index contributed by atoms with van der Waals surface area (Å²) in [6.07, 6.45) is 4.22. The Balaban J connectivity index is 2.49. The van der Waals surface area contributed by atoms with E-state index in [1.165, 1.54) is 16.5 Å². The molecule has 0 aliphatic carbocycles. The van der Waals surface area contributed by atoms with Gasteiger partial charge in [-0.3, -0.25) is 0 Å². The summed E-state index contributed by atoms with van der Waals surface area (Å²) in [6, 6.07) is 8.39. The van der Waals surface area contributed by atoms with Crippen molar-refractivity contribution in [1.29, 1.82) is 0 Å². The van der Waals surface area contributed by atoms with Gasteiger partial charge >= 0.3 is 0 Å². The number of nitrogens with zero attached hydrogens (tertiary/aromatic N) is 1. The first-order valence-corrected chi connectivity index (χ1v) is 5.57. The van der Waals surface area contributed by atoms with Crippen molar-refractivity contribution in [2.75, 3.05) is 6.61 Å². The van der Waals surface area contributed by atoms with Crippen LogP contribution in [-0.4, -0.2) is 11.2 Å². The molecule has 2 rings (SSSR count). The Kier molecular flexibility index (Phi) is 3.00. The number of para-hydroxylation sites is 1. The molecule has 0 unspecified atom stereocenters. The van der Waals surface area contributed by atoms with Crippen LogP contribution in [0.4, 0.5) is 0 Å². The van der Waals surface area contributed by atoms with Gasteiger partial charge in [0.1, 0.15) is 0 Å². The van der Waals surface area contributed by atoms with Crippen LogP contribution < -0.4 is 0 Å². The maximum absolute atomic E-state index is 5.46. The zero-order valence-electron chi connectivity index (χ0n) is 10.0. The highest BCUT2D eigenvalue weighted by molar-refractivity contribution is 5.89. The van der Waals surface area contributed by atoms with Crippen LogP contribution in [-0.2, 0) is 11.8 Å². The lowest BCUT2D eigenvalue weighted by molar-refractivity contribution is 0.235. The molecule has 1 heterocycles. The van der Waals surface area contributed by atoms with E-state index in [2.05, 4.69) is 48.2 Å². The first-order chi connectivity index (χ1) is 7.72. The molecule has 0 spiro atoms. The SMILES string of the molecule is CCO/C(C)=C\c1cn(C)c2ccccc12. The fourth-order valence-electron chi connectivity index (χ4n) is 1.98. The topological polar surface area (TPSA) is 14.2 Å². The predicted octanol–water partition coefficient (Wildman–Crippen LogP) is 3.58. The van der Waals surface area contributed by atoms with E-state index in [-0.39, 0.29) is 0 Å². The molecule has 2 aromatic rings. The Bertz CT molecular complexity index is 523. The van der Waals surface area contributed by atoms with Gasteiger partial charge in [0.25, 0.3) is 0 Å². The molecule has 0 saturated carbocycles. The van der Waals surface area contributed by atoms with E-state index in [9.17, 15) is 0 Å². The monoisotopic (exact) mass is 215 g/mol. The smallest absolute Gasteiger partial charge is 0.0935 e. The van der Waals surface area contributed by atoms with Crippen molar-refractivity contribution in [2.24, 2.45) is 7.05 Å². The molecule has 0 aliphatic rings. The number of aromatic nitrogens is 1. The zero-order valence-corrected chi connectivity index (χ0v) is 10.0.